The Balaban J connectivity index is 2.27. The van der Waals surface area contributed by atoms with Crippen LogP contribution in [0.1, 0.15) is 23.6 Å². The first kappa shape index (κ1) is 15.7. The molecule has 0 saturated carbocycles. The van der Waals surface area contributed by atoms with Gasteiger partial charge in [-0.1, -0.05) is 46.6 Å². The number of hydrogen-bond donors (Lipinski definition) is 1. The number of aryl methyl sites for hydroxylation is 1. The number of benzene rings is 2. The molecular weight excluding hydrogens is 309 g/mol. The van der Waals surface area contributed by atoms with Crippen molar-refractivity contribution in [1.82, 2.24) is 0 Å². The summed E-state index contributed by atoms with van der Waals surface area (Å²) in [5, 5.41) is 13.1. The minimum atomic E-state index is 0.286. The minimum absolute atomic E-state index is 0.286. The van der Waals surface area contributed by atoms with Crippen LogP contribution in [0.25, 0.3) is 0 Å². The number of rotatable bonds is 4. The topological polar surface area (TPSA) is 41.8 Å². The first-order valence-electron chi connectivity index (χ1n) is 6.38. The quantitative estimate of drug-likeness (QED) is 0.484. The van der Waals surface area contributed by atoms with Crippen LogP contribution in [0.15, 0.2) is 41.6 Å². The van der Waals surface area contributed by atoms with Gasteiger partial charge in [-0.05, 0) is 37.6 Å². The SMILES string of the molecule is C/C(=N/O)c1ccc(C)cc1OCc1cccc(Cl)c1Cl. The summed E-state index contributed by atoms with van der Waals surface area (Å²) in [5.41, 5.74) is 3.08. The molecular formula is C16H15Cl2NO2. The summed E-state index contributed by atoms with van der Waals surface area (Å²) in [5.74, 6) is 0.640. The smallest absolute Gasteiger partial charge is 0.129 e. The van der Waals surface area contributed by atoms with Gasteiger partial charge in [-0.2, -0.15) is 0 Å². The number of oxime groups is 1. The lowest BCUT2D eigenvalue weighted by atomic mass is 10.1. The van der Waals surface area contributed by atoms with E-state index < -0.39 is 0 Å². The van der Waals surface area contributed by atoms with Gasteiger partial charge in [0, 0.05) is 11.1 Å². The van der Waals surface area contributed by atoms with Crippen LogP contribution < -0.4 is 4.74 Å². The van der Waals surface area contributed by atoms with Gasteiger partial charge >= 0.3 is 0 Å². The monoisotopic (exact) mass is 323 g/mol. The standard InChI is InChI=1S/C16H15Cl2NO2/c1-10-6-7-13(11(2)19-20)15(8-10)21-9-12-4-3-5-14(17)16(12)18/h3-8,20H,9H2,1-2H3/b19-11-. The molecule has 0 aliphatic carbocycles. The van der Waals surface area contributed by atoms with Crippen LogP contribution in [0.5, 0.6) is 5.75 Å². The molecule has 0 saturated heterocycles. The maximum absolute atomic E-state index is 8.94. The molecule has 0 aromatic heterocycles. The molecule has 0 unspecified atom stereocenters. The Labute approximate surface area is 133 Å². The lowest BCUT2D eigenvalue weighted by molar-refractivity contribution is 0.303. The van der Waals surface area contributed by atoms with Gasteiger partial charge in [0.15, 0.2) is 0 Å². The Hall–Kier alpha value is -1.71. The molecule has 2 aromatic carbocycles. The van der Waals surface area contributed by atoms with Crippen molar-refractivity contribution in [1.29, 1.82) is 0 Å². The van der Waals surface area contributed by atoms with Crippen LogP contribution in [0.2, 0.25) is 10.0 Å². The van der Waals surface area contributed by atoms with E-state index in [1.165, 1.54) is 0 Å². The number of nitrogens with zero attached hydrogens (tertiary/aromatic N) is 1. The summed E-state index contributed by atoms with van der Waals surface area (Å²) in [6.45, 7) is 3.97. The second-order valence-electron chi connectivity index (χ2n) is 4.69. The largest absolute Gasteiger partial charge is 0.488 e. The third-order valence-electron chi connectivity index (χ3n) is 3.09. The third kappa shape index (κ3) is 3.69. The molecule has 0 heterocycles. The van der Waals surface area contributed by atoms with Gasteiger partial charge in [0.25, 0.3) is 0 Å². The summed E-state index contributed by atoms with van der Waals surface area (Å²) in [6.07, 6.45) is 0. The Kier molecular flexibility index (Phi) is 5.10. The van der Waals surface area contributed by atoms with Gasteiger partial charge in [-0.15, -0.1) is 0 Å². The molecule has 0 aliphatic rings. The fraction of sp³-hybridized carbons (Fsp3) is 0.188. The molecule has 0 atom stereocenters. The highest BCUT2D eigenvalue weighted by Gasteiger charge is 2.10. The fourth-order valence-corrected chi connectivity index (χ4v) is 2.29. The van der Waals surface area contributed by atoms with Crippen molar-refractivity contribution >= 4 is 28.9 Å². The molecule has 0 fully saturated rings. The molecule has 110 valence electrons. The van der Waals surface area contributed by atoms with E-state index in [0.717, 1.165) is 16.7 Å². The molecule has 0 bridgehead atoms. The molecule has 0 aliphatic heterocycles. The van der Waals surface area contributed by atoms with Crippen molar-refractivity contribution in [3.63, 3.8) is 0 Å². The minimum Gasteiger partial charge on any atom is -0.488 e. The normalized spacial score (nSPS) is 11.5. The van der Waals surface area contributed by atoms with Crippen LogP contribution in [0.3, 0.4) is 0 Å². The molecule has 21 heavy (non-hydrogen) atoms. The summed E-state index contributed by atoms with van der Waals surface area (Å²) in [4.78, 5) is 0. The van der Waals surface area contributed by atoms with E-state index in [1.807, 2.05) is 37.3 Å². The number of halogens is 2. The molecule has 2 aromatic rings. The van der Waals surface area contributed by atoms with Crippen LogP contribution in [0, 0.1) is 6.92 Å². The summed E-state index contributed by atoms with van der Waals surface area (Å²) >= 11 is 12.1. The Bertz CT molecular complexity index is 684. The zero-order valence-corrected chi connectivity index (χ0v) is 13.2. The van der Waals surface area contributed by atoms with Gasteiger partial charge in [0.2, 0.25) is 0 Å². The molecule has 2 rings (SSSR count). The van der Waals surface area contributed by atoms with Gasteiger partial charge in [0.05, 0.1) is 15.8 Å². The second-order valence-corrected chi connectivity index (χ2v) is 5.47. The highest BCUT2D eigenvalue weighted by molar-refractivity contribution is 6.42. The van der Waals surface area contributed by atoms with E-state index >= 15 is 0 Å². The highest BCUT2D eigenvalue weighted by Crippen LogP contribution is 2.28. The predicted molar refractivity (Wildman–Crippen MR) is 86.0 cm³/mol. The van der Waals surface area contributed by atoms with Crippen LogP contribution >= 0.6 is 23.2 Å². The van der Waals surface area contributed by atoms with E-state index in [-0.39, 0.29) is 6.61 Å². The maximum Gasteiger partial charge on any atom is 0.129 e. The second kappa shape index (κ2) is 6.83. The van der Waals surface area contributed by atoms with Crippen molar-refractivity contribution in [2.75, 3.05) is 0 Å². The van der Waals surface area contributed by atoms with Crippen molar-refractivity contribution in [3.8, 4) is 5.75 Å². The maximum atomic E-state index is 8.94. The van der Waals surface area contributed by atoms with E-state index in [9.17, 15) is 0 Å². The van der Waals surface area contributed by atoms with Crippen molar-refractivity contribution < 1.29 is 9.94 Å². The Morgan fingerprint density at radius 1 is 1.24 bits per heavy atom. The Morgan fingerprint density at radius 2 is 2.00 bits per heavy atom. The van der Waals surface area contributed by atoms with Crippen molar-refractivity contribution in [2.45, 2.75) is 20.5 Å². The van der Waals surface area contributed by atoms with Crippen molar-refractivity contribution in [3.05, 3.63) is 63.1 Å². The van der Waals surface area contributed by atoms with E-state index in [4.69, 9.17) is 33.1 Å². The zero-order chi connectivity index (χ0) is 15.4. The average Bonchev–Trinajstić information content (AvgIpc) is 2.48. The van der Waals surface area contributed by atoms with Crippen molar-refractivity contribution in [2.24, 2.45) is 5.16 Å². The van der Waals surface area contributed by atoms with E-state index in [2.05, 4.69) is 5.16 Å². The van der Waals surface area contributed by atoms with Crippen LogP contribution in [0.4, 0.5) is 0 Å². The first-order chi connectivity index (χ1) is 10.0. The first-order valence-corrected chi connectivity index (χ1v) is 7.14. The molecule has 5 heteroatoms. The van der Waals surface area contributed by atoms with Crippen LogP contribution in [-0.2, 0) is 6.61 Å². The number of ether oxygens (including phenoxy) is 1. The van der Waals surface area contributed by atoms with E-state index in [1.54, 1.807) is 13.0 Å². The molecule has 1 N–H and O–H groups in total. The van der Waals surface area contributed by atoms with Gasteiger partial charge < -0.3 is 9.94 Å². The molecule has 3 nitrogen and oxygen atoms in total. The summed E-state index contributed by atoms with van der Waals surface area (Å²) in [7, 11) is 0. The van der Waals surface area contributed by atoms with Gasteiger partial charge in [0.1, 0.15) is 12.4 Å². The molecule has 0 amide bonds. The van der Waals surface area contributed by atoms with Gasteiger partial charge in [-0.25, -0.2) is 0 Å². The number of hydrogen-bond acceptors (Lipinski definition) is 3. The Morgan fingerprint density at radius 3 is 2.71 bits per heavy atom. The molecule has 0 spiro atoms. The lowest BCUT2D eigenvalue weighted by Gasteiger charge is -2.13. The fourth-order valence-electron chi connectivity index (χ4n) is 1.92. The third-order valence-corrected chi connectivity index (χ3v) is 3.95. The molecule has 0 radical (unpaired) electrons. The highest BCUT2D eigenvalue weighted by atomic mass is 35.5. The lowest BCUT2D eigenvalue weighted by Crippen LogP contribution is -2.03. The van der Waals surface area contributed by atoms with E-state index in [0.29, 0.717) is 21.5 Å². The summed E-state index contributed by atoms with van der Waals surface area (Å²) < 4.78 is 5.83. The predicted octanol–water partition coefficient (Wildman–Crippen LogP) is 5.08. The zero-order valence-electron chi connectivity index (χ0n) is 11.7. The van der Waals surface area contributed by atoms with Crippen LogP contribution in [-0.4, -0.2) is 10.9 Å². The van der Waals surface area contributed by atoms with Gasteiger partial charge in [-0.3, -0.25) is 0 Å². The average molecular weight is 324 g/mol. The summed E-state index contributed by atoms with van der Waals surface area (Å²) in [6, 6.07) is 11.1.